The van der Waals surface area contributed by atoms with Crippen LogP contribution in [-0.4, -0.2) is 28.7 Å². The van der Waals surface area contributed by atoms with Crippen LogP contribution in [-0.2, 0) is 11.2 Å². The van der Waals surface area contributed by atoms with E-state index < -0.39 is 5.97 Å². The Balaban J connectivity index is 1.78. The van der Waals surface area contributed by atoms with Gasteiger partial charge in [0.15, 0.2) is 0 Å². The number of thioether (sulfide) groups is 1. The topological polar surface area (TPSA) is 46.5 Å². The molecule has 1 heterocycles. The third kappa shape index (κ3) is 3.36. The highest BCUT2D eigenvalue weighted by molar-refractivity contribution is 7.99. The molecule has 0 saturated heterocycles. The zero-order valence-corrected chi connectivity index (χ0v) is 10.0. The molecule has 5 heteroatoms. The van der Waals surface area contributed by atoms with Crippen LogP contribution in [0.25, 0.3) is 0 Å². The zero-order chi connectivity index (χ0) is 12.3. The molecule has 0 aliphatic carbocycles. The molecule has 1 aliphatic rings. The van der Waals surface area contributed by atoms with E-state index in [9.17, 15) is 9.18 Å². The summed E-state index contributed by atoms with van der Waals surface area (Å²) >= 11 is 1.55. The fourth-order valence-electron chi connectivity index (χ4n) is 1.76. The lowest BCUT2D eigenvalue weighted by molar-refractivity contribution is -0.136. The number of carboxylic acids is 1. The Hall–Kier alpha value is -1.23. The summed E-state index contributed by atoms with van der Waals surface area (Å²) in [7, 11) is 0. The van der Waals surface area contributed by atoms with E-state index in [0.717, 1.165) is 17.1 Å². The number of rotatable bonds is 5. The van der Waals surface area contributed by atoms with Gasteiger partial charge in [0, 0.05) is 23.5 Å². The van der Waals surface area contributed by atoms with Gasteiger partial charge in [-0.05, 0) is 18.2 Å². The number of aliphatic carboxylic acids is 1. The molecular weight excluding hydrogens is 243 g/mol. The predicted octanol–water partition coefficient (Wildman–Crippen LogP) is 2.34. The molecule has 0 bridgehead atoms. The molecule has 1 N–H and O–H groups in total. The molecule has 3 nitrogen and oxygen atoms in total. The fraction of sp³-hybridized carbons (Fsp3) is 0.417. The minimum atomic E-state index is -0.782. The third-order valence-electron chi connectivity index (χ3n) is 2.53. The average Bonchev–Trinajstić information content (AvgIpc) is 2.66. The summed E-state index contributed by atoms with van der Waals surface area (Å²) in [5.74, 6) is 1.04. The van der Waals surface area contributed by atoms with Gasteiger partial charge in [0.2, 0.25) is 0 Å². The van der Waals surface area contributed by atoms with Crippen molar-refractivity contribution >= 4 is 17.7 Å². The first-order valence-corrected chi connectivity index (χ1v) is 6.55. The van der Waals surface area contributed by atoms with Gasteiger partial charge in [-0.15, -0.1) is 0 Å². The van der Waals surface area contributed by atoms with Crippen LogP contribution in [0.3, 0.4) is 0 Å². The number of benzene rings is 1. The van der Waals surface area contributed by atoms with Crippen LogP contribution >= 0.6 is 11.8 Å². The summed E-state index contributed by atoms with van der Waals surface area (Å²) < 4.78 is 18.6. The van der Waals surface area contributed by atoms with Gasteiger partial charge in [-0.2, -0.15) is 11.8 Å². The second-order valence-corrected chi connectivity index (χ2v) is 5.06. The molecule has 1 atom stereocenters. The smallest absolute Gasteiger partial charge is 0.304 e. The van der Waals surface area contributed by atoms with Crippen molar-refractivity contribution in [2.24, 2.45) is 0 Å². The predicted molar refractivity (Wildman–Crippen MR) is 64.1 cm³/mol. The maximum atomic E-state index is 13.0. The molecule has 0 fully saturated rings. The highest BCUT2D eigenvalue weighted by Crippen LogP contribution is 2.30. The Kier molecular flexibility index (Phi) is 3.89. The van der Waals surface area contributed by atoms with Crippen molar-refractivity contribution < 1.29 is 19.0 Å². The largest absolute Gasteiger partial charge is 0.489 e. The van der Waals surface area contributed by atoms with Gasteiger partial charge < -0.3 is 9.84 Å². The number of hydrogen-bond acceptors (Lipinski definition) is 3. The summed E-state index contributed by atoms with van der Waals surface area (Å²) in [6.07, 6.45) is 0.900. The molecule has 0 radical (unpaired) electrons. The Morgan fingerprint density at radius 1 is 1.59 bits per heavy atom. The number of carbonyl (C=O) groups is 1. The van der Waals surface area contributed by atoms with Crippen molar-refractivity contribution in [2.45, 2.75) is 18.9 Å². The van der Waals surface area contributed by atoms with E-state index in [1.54, 1.807) is 17.8 Å². The molecule has 1 unspecified atom stereocenters. The first-order chi connectivity index (χ1) is 8.15. The van der Waals surface area contributed by atoms with Crippen molar-refractivity contribution in [3.63, 3.8) is 0 Å². The highest BCUT2D eigenvalue weighted by Gasteiger charge is 2.22. The molecule has 0 amide bonds. The van der Waals surface area contributed by atoms with Gasteiger partial charge >= 0.3 is 5.97 Å². The summed E-state index contributed by atoms with van der Waals surface area (Å²) in [5.41, 5.74) is 0.897. The van der Waals surface area contributed by atoms with E-state index >= 15 is 0 Å². The van der Waals surface area contributed by atoms with Crippen molar-refractivity contribution in [3.8, 4) is 5.75 Å². The molecule has 0 saturated carbocycles. The van der Waals surface area contributed by atoms with Gasteiger partial charge in [0.05, 0.1) is 6.42 Å². The second kappa shape index (κ2) is 5.40. The molecule has 17 heavy (non-hydrogen) atoms. The third-order valence-corrected chi connectivity index (χ3v) is 3.63. The van der Waals surface area contributed by atoms with Crippen LogP contribution in [0.1, 0.15) is 12.0 Å². The minimum Gasteiger partial charge on any atom is -0.489 e. The first-order valence-electron chi connectivity index (χ1n) is 5.40. The lowest BCUT2D eigenvalue weighted by Crippen LogP contribution is -2.16. The van der Waals surface area contributed by atoms with E-state index in [0.29, 0.717) is 12.2 Å². The average molecular weight is 256 g/mol. The van der Waals surface area contributed by atoms with Crippen molar-refractivity contribution in [2.75, 3.05) is 11.5 Å². The van der Waals surface area contributed by atoms with Gasteiger partial charge in [-0.3, -0.25) is 4.79 Å². The van der Waals surface area contributed by atoms with E-state index in [1.807, 2.05) is 0 Å². The summed E-state index contributed by atoms with van der Waals surface area (Å²) in [5, 5.41) is 8.49. The highest BCUT2D eigenvalue weighted by atomic mass is 32.2. The van der Waals surface area contributed by atoms with E-state index in [4.69, 9.17) is 9.84 Å². The SMILES string of the molecule is O=C(O)CCSCC1Cc2cc(F)ccc2O1. The number of halogens is 1. The standard InChI is InChI=1S/C12H13FO3S/c13-9-1-2-11-8(5-9)6-10(16-11)7-17-4-3-12(14)15/h1-2,5,10H,3-4,6-7H2,(H,14,15). The van der Waals surface area contributed by atoms with Crippen LogP contribution in [0.4, 0.5) is 4.39 Å². The van der Waals surface area contributed by atoms with Gasteiger partial charge in [0.1, 0.15) is 17.7 Å². The van der Waals surface area contributed by atoms with Crippen molar-refractivity contribution in [1.82, 2.24) is 0 Å². The van der Waals surface area contributed by atoms with Crippen LogP contribution in [0.2, 0.25) is 0 Å². The molecule has 1 aromatic rings. The Morgan fingerprint density at radius 3 is 3.18 bits per heavy atom. The number of fused-ring (bicyclic) bond motifs is 1. The number of hydrogen-bond donors (Lipinski definition) is 1. The van der Waals surface area contributed by atoms with E-state index in [1.165, 1.54) is 12.1 Å². The second-order valence-electron chi connectivity index (χ2n) is 3.91. The van der Waals surface area contributed by atoms with Gasteiger partial charge in [-0.1, -0.05) is 0 Å². The van der Waals surface area contributed by atoms with Crippen molar-refractivity contribution in [1.29, 1.82) is 0 Å². The van der Waals surface area contributed by atoms with Crippen LogP contribution < -0.4 is 4.74 Å². The molecule has 1 aliphatic heterocycles. The van der Waals surface area contributed by atoms with Crippen molar-refractivity contribution in [3.05, 3.63) is 29.6 Å². The summed E-state index contributed by atoms with van der Waals surface area (Å²) in [6, 6.07) is 4.53. The normalized spacial score (nSPS) is 17.6. The lowest BCUT2D eigenvalue weighted by atomic mass is 10.1. The Labute approximate surface area is 103 Å². The monoisotopic (exact) mass is 256 g/mol. The molecule has 1 aromatic carbocycles. The van der Waals surface area contributed by atoms with Gasteiger partial charge in [0.25, 0.3) is 0 Å². The van der Waals surface area contributed by atoms with Crippen LogP contribution in [0.5, 0.6) is 5.75 Å². The quantitative estimate of drug-likeness (QED) is 0.821. The van der Waals surface area contributed by atoms with E-state index in [-0.39, 0.29) is 18.3 Å². The lowest BCUT2D eigenvalue weighted by Gasteiger charge is -2.09. The molecular formula is C12H13FO3S. The molecule has 2 rings (SSSR count). The Bertz CT molecular complexity index is 422. The zero-order valence-electron chi connectivity index (χ0n) is 9.19. The maximum absolute atomic E-state index is 13.0. The number of ether oxygens (including phenoxy) is 1. The van der Waals surface area contributed by atoms with Gasteiger partial charge in [-0.25, -0.2) is 4.39 Å². The molecule has 0 spiro atoms. The maximum Gasteiger partial charge on any atom is 0.304 e. The number of carboxylic acid groups (broad SMARTS) is 1. The first kappa shape index (κ1) is 12.2. The minimum absolute atomic E-state index is 0.0330. The van der Waals surface area contributed by atoms with E-state index in [2.05, 4.69) is 0 Å². The fourth-order valence-corrected chi connectivity index (χ4v) is 2.69. The Morgan fingerprint density at radius 2 is 2.41 bits per heavy atom. The molecule has 92 valence electrons. The van der Waals surface area contributed by atoms with Crippen LogP contribution in [0.15, 0.2) is 18.2 Å². The summed E-state index contributed by atoms with van der Waals surface area (Å²) in [6.45, 7) is 0. The van der Waals surface area contributed by atoms with Crippen LogP contribution in [0, 0.1) is 5.82 Å². The molecule has 0 aromatic heterocycles. The summed E-state index contributed by atoms with van der Waals surface area (Å²) in [4.78, 5) is 10.3.